The summed E-state index contributed by atoms with van der Waals surface area (Å²) in [5.41, 5.74) is 2.13. The van der Waals surface area contributed by atoms with Crippen molar-refractivity contribution in [3.63, 3.8) is 0 Å². The van der Waals surface area contributed by atoms with Crippen LogP contribution in [0.5, 0.6) is 0 Å². The summed E-state index contributed by atoms with van der Waals surface area (Å²) in [4.78, 5) is 12.1. The molecule has 100 valence electrons. The molecule has 0 unspecified atom stereocenters. The fraction of sp³-hybridized carbons (Fsp3) is 0.125. The number of hydrogen-bond acceptors (Lipinski definition) is 2. The summed E-state index contributed by atoms with van der Waals surface area (Å²) in [7, 11) is 0. The standard InChI is InChI=1S/C16H13BrN2O/c1-11(13-6-8-15(17)9-7-13)19-16(20)14-4-2-12(10-18)3-5-14/h2-9,11H,1H3,(H,19,20)/t11-/m1/s1. The first-order valence-electron chi connectivity index (χ1n) is 6.16. The molecule has 1 atom stereocenters. The molecule has 0 aromatic heterocycles. The minimum absolute atomic E-state index is 0.0776. The molecule has 0 fully saturated rings. The zero-order chi connectivity index (χ0) is 14.5. The van der Waals surface area contributed by atoms with Gasteiger partial charge in [-0.2, -0.15) is 5.26 Å². The van der Waals surface area contributed by atoms with Gasteiger partial charge >= 0.3 is 0 Å². The predicted octanol–water partition coefficient (Wildman–Crippen LogP) is 3.81. The van der Waals surface area contributed by atoms with E-state index in [2.05, 4.69) is 21.2 Å². The van der Waals surface area contributed by atoms with Gasteiger partial charge in [-0.05, 0) is 48.9 Å². The Morgan fingerprint density at radius 3 is 2.30 bits per heavy atom. The first-order valence-corrected chi connectivity index (χ1v) is 6.96. The van der Waals surface area contributed by atoms with E-state index in [1.165, 1.54) is 0 Å². The normalized spacial score (nSPS) is 11.4. The molecule has 3 nitrogen and oxygen atoms in total. The minimum atomic E-state index is -0.148. The molecular weight excluding hydrogens is 316 g/mol. The van der Waals surface area contributed by atoms with Crippen LogP contribution in [-0.2, 0) is 0 Å². The van der Waals surface area contributed by atoms with Crippen LogP contribution in [0.2, 0.25) is 0 Å². The van der Waals surface area contributed by atoms with E-state index in [1.54, 1.807) is 24.3 Å². The van der Waals surface area contributed by atoms with Gasteiger partial charge in [0.2, 0.25) is 0 Å². The molecule has 0 aliphatic carbocycles. The molecule has 20 heavy (non-hydrogen) atoms. The molecule has 2 aromatic carbocycles. The van der Waals surface area contributed by atoms with Crippen LogP contribution in [0.3, 0.4) is 0 Å². The van der Waals surface area contributed by atoms with Crippen molar-refractivity contribution in [1.29, 1.82) is 5.26 Å². The summed E-state index contributed by atoms with van der Waals surface area (Å²) in [6, 6.07) is 16.4. The van der Waals surface area contributed by atoms with E-state index in [9.17, 15) is 4.79 Å². The highest BCUT2D eigenvalue weighted by Crippen LogP contribution is 2.17. The maximum absolute atomic E-state index is 12.1. The lowest BCUT2D eigenvalue weighted by Gasteiger charge is -2.14. The van der Waals surface area contributed by atoms with Crippen molar-refractivity contribution in [2.75, 3.05) is 0 Å². The molecule has 2 aromatic rings. The zero-order valence-corrected chi connectivity index (χ0v) is 12.5. The number of amides is 1. The number of hydrogen-bond donors (Lipinski definition) is 1. The van der Waals surface area contributed by atoms with Crippen molar-refractivity contribution in [2.24, 2.45) is 0 Å². The minimum Gasteiger partial charge on any atom is -0.346 e. The van der Waals surface area contributed by atoms with Crippen molar-refractivity contribution in [2.45, 2.75) is 13.0 Å². The number of rotatable bonds is 3. The van der Waals surface area contributed by atoms with Crippen LogP contribution >= 0.6 is 15.9 Å². The lowest BCUT2D eigenvalue weighted by atomic mass is 10.1. The zero-order valence-electron chi connectivity index (χ0n) is 10.9. The first-order chi connectivity index (χ1) is 9.60. The molecule has 0 aliphatic heterocycles. The molecule has 0 aliphatic rings. The van der Waals surface area contributed by atoms with Gasteiger partial charge in [-0.3, -0.25) is 4.79 Å². The highest BCUT2D eigenvalue weighted by molar-refractivity contribution is 9.10. The topological polar surface area (TPSA) is 52.9 Å². The molecule has 1 N–H and O–H groups in total. The Kier molecular flexibility index (Phi) is 4.54. The molecule has 0 heterocycles. The number of carbonyl (C=O) groups is 1. The van der Waals surface area contributed by atoms with E-state index in [4.69, 9.17) is 5.26 Å². The second-order valence-corrected chi connectivity index (χ2v) is 5.35. The van der Waals surface area contributed by atoms with Crippen LogP contribution in [0.15, 0.2) is 53.0 Å². The van der Waals surface area contributed by atoms with Crippen LogP contribution in [0.25, 0.3) is 0 Å². The maximum atomic E-state index is 12.1. The van der Waals surface area contributed by atoms with Crippen molar-refractivity contribution < 1.29 is 4.79 Å². The van der Waals surface area contributed by atoms with E-state index in [0.717, 1.165) is 10.0 Å². The third-order valence-electron chi connectivity index (χ3n) is 2.99. The number of nitrogens with one attached hydrogen (secondary N) is 1. The number of benzene rings is 2. The van der Waals surface area contributed by atoms with Crippen LogP contribution < -0.4 is 5.32 Å². The average Bonchev–Trinajstić information content (AvgIpc) is 2.48. The van der Waals surface area contributed by atoms with E-state index >= 15 is 0 Å². The third kappa shape index (κ3) is 3.46. The number of carbonyl (C=O) groups excluding carboxylic acids is 1. The smallest absolute Gasteiger partial charge is 0.251 e. The highest BCUT2D eigenvalue weighted by atomic mass is 79.9. The van der Waals surface area contributed by atoms with Crippen molar-refractivity contribution in [3.8, 4) is 6.07 Å². The van der Waals surface area contributed by atoms with Gasteiger partial charge in [0.1, 0.15) is 0 Å². The Morgan fingerprint density at radius 1 is 1.15 bits per heavy atom. The fourth-order valence-corrected chi connectivity index (χ4v) is 2.08. The van der Waals surface area contributed by atoms with Gasteiger partial charge in [-0.25, -0.2) is 0 Å². The lowest BCUT2D eigenvalue weighted by Crippen LogP contribution is -2.26. The molecule has 0 bridgehead atoms. The Bertz CT molecular complexity index is 642. The first kappa shape index (κ1) is 14.3. The van der Waals surface area contributed by atoms with Crippen molar-refractivity contribution in [3.05, 3.63) is 69.7 Å². The van der Waals surface area contributed by atoms with Gasteiger partial charge in [0.15, 0.2) is 0 Å². The van der Waals surface area contributed by atoms with Gasteiger partial charge in [0.05, 0.1) is 17.7 Å². The predicted molar refractivity (Wildman–Crippen MR) is 81.2 cm³/mol. The molecule has 4 heteroatoms. The molecule has 2 rings (SSSR count). The quantitative estimate of drug-likeness (QED) is 0.931. The van der Waals surface area contributed by atoms with Gasteiger partial charge in [0.25, 0.3) is 5.91 Å². The summed E-state index contributed by atoms with van der Waals surface area (Å²) in [6.07, 6.45) is 0. The van der Waals surface area contributed by atoms with Gasteiger partial charge in [0, 0.05) is 10.0 Å². The Labute approximate surface area is 126 Å². The van der Waals surface area contributed by atoms with Crippen LogP contribution in [0.4, 0.5) is 0 Å². The van der Waals surface area contributed by atoms with Crippen molar-refractivity contribution in [1.82, 2.24) is 5.32 Å². The van der Waals surface area contributed by atoms with Gasteiger partial charge in [-0.1, -0.05) is 28.1 Å². The highest BCUT2D eigenvalue weighted by Gasteiger charge is 2.11. The maximum Gasteiger partial charge on any atom is 0.251 e. The number of halogens is 1. The van der Waals surface area contributed by atoms with E-state index in [0.29, 0.717) is 11.1 Å². The average molecular weight is 329 g/mol. The van der Waals surface area contributed by atoms with Gasteiger partial charge < -0.3 is 5.32 Å². The monoisotopic (exact) mass is 328 g/mol. The summed E-state index contributed by atoms with van der Waals surface area (Å²) < 4.78 is 1.01. The van der Waals surface area contributed by atoms with Crippen LogP contribution in [0.1, 0.15) is 34.5 Å². The Morgan fingerprint density at radius 2 is 1.75 bits per heavy atom. The SMILES string of the molecule is C[C@@H](NC(=O)c1ccc(C#N)cc1)c1ccc(Br)cc1. The molecule has 0 saturated carbocycles. The second kappa shape index (κ2) is 6.36. The largest absolute Gasteiger partial charge is 0.346 e. The summed E-state index contributed by atoms with van der Waals surface area (Å²) >= 11 is 3.38. The fourth-order valence-electron chi connectivity index (χ4n) is 1.81. The van der Waals surface area contributed by atoms with E-state index in [-0.39, 0.29) is 11.9 Å². The Balaban J connectivity index is 2.06. The molecule has 0 radical (unpaired) electrons. The third-order valence-corrected chi connectivity index (χ3v) is 3.52. The van der Waals surface area contributed by atoms with Crippen LogP contribution in [-0.4, -0.2) is 5.91 Å². The summed E-state index contributed by atoms with van der Waals surface area (Å²) in [5.74, 6) is -0.148. The summed E-state index contributed by atoms with van der Waals surface area (Å²) in [6.45, 7) is 1.94. The molecule has 0 spiro atoms. The summed E-state index contributed by atoms with van der Waals surface area (Å²) in [5, 5.41) is 11.7. The Hall–Kier alpha value is -2.12. The number of nitriles is 1. The van der Waals surface area contributed by atoms with E-state index < -0.39 is 0 Å². The van der Waals surface area contributed by atoms with Crippen molar-refractivity contribution >= 4 is 21.8 Å². The second-order valence-electron chi connectivity index (χ2n) is 4.44. The molecule has 1 amide bonds. The lowest BCUT2D eigenvalue weighted by molar-refractivity contribution is 0.0940. The van der Waals surface area contributed by atoms with Gasteiger partial charge in [-0.15, -0.1) is 0 Å². The van der Waals surface area contributed by atoms with Crippen LogP contribution in [0, 0.1) is 11.3 Å². The molecule has 0 saturated heterocycles. The number of nitrogens with zero attached hydrogens (tertiary/aromatic N) is 1. The van der Waals surface area contributed by atoms with E-state index in [1.807, 2.05) is 37.3 Å². The molecular formula is C16H13BrN2O.